The van der Waals surface area contributed by atoms with Crippen molar-refractivity contribution in [3.05, 3.63) is 0 Å². The van der Waals surface area contributed by atoms with Crippen LogP contribution in [0.15, 0.2) is 0 Å². The Labute approximate surface area is 154 Å². The molecule has 2 saturated carbocycles. The first kappa shape index (κ1) is 16.9. The molecule has 3 amide bonds. The zero-order chi connectivity index (χ0) is 18.1. The Balaban J connectivity index is 1.14. The molecule has 10 heteroatoms. The summed E-state index contributed by atoms with van der Waals surface area (Å²) in [6.45, 7) is 2.66. The van der Waals surface area contributed by atoms with Crippen molar-refractivity contribution >= 4 is 23.3 Å². The minimum Gasteiger partial charge on any atom is -0.748 e. The summed E-state index contributed by atoms with van der Waals surface area (Å²) in [7, 11) is 0. The van der Waals surface area contributed by atoms with Crippen LogP contribution >= 0.6 is 0 Å². The number of carbonyl (C=O) groups is 2. The Morgan fingerprint density at radius 2 is 1.88 bits per heavy atom. The fraction of sp³-hybridized carbons (Fsp3) is 0.875. The first-order chi connectivity index (χ1) is 12.4. The molecule has 0 aromatic carbocycles. The molecule has 9 nitrogen and oxygen atoms in total. The number of hydroxylamine groups is 2. The highest BCUT2D eigenvalue weighted by molar-refractivity contribution is 7.74. The van der Waals surface area contributed by atoms with Gasteiger partial charge in [0.05, 0.1) is 6.04 Å². The van der Waals surface area contributed by atoms with Crippen LogP contribution in [0.1, 0.15) is 38.5 Å². The highest BCUT2D eigenvalue weighted by Crippen LogP contribution is 2.51. The molecule has 5 fully saturated rings. The Kier molecular flexibility index (Phi) is 3.83. The first-order valence-corrected chi connectivity index (χ1v) is 10.4. The number of urea groups is 1. The molecule has 1 spiro atoms. The van der Waals surface area contributed by atoms with Crippen LogP contribution in [-0.2, 0) is 20.4 Å². The van der Waals surface area contributed by atoms with Gasteiger partial charge in [-0.05, 0) is 43.9 Å². The van der Waals surface area contributed by atoms with Crippen LogP contribution in [-0.4, -0.2) is 79.4 Å². The van der Waals surface area contributed by atoms with E-state index in [2.05, 4.69) is 14.5 Å². The average Bonchev–Trinajstić information content (AvgIpc) is 3.33. The molecule has 3 atom stereocenters. The number of carbonyl (C=O) groups excluding carboxylic acids is 2. The zero-order valence-corrected chi connectivity index (χ0v) is 15.3. The third kappa shape index (κ3) is 2.74. The molecule has 2 bridgehead atoms. The van der Waals surface area contributed by atoms with Crippen molar-refractivity contribution in [1.82, 2.24) is 20.2 Å². The first-order valence-electron chi connectivity index (χ1n) is 9.36. The van der Waals surface area contributed by atoms with Gasteiger partial charge in [-0.15, -0.1) is 0 Å². The number of likely N-dealkylation sites (tertiary alicyclic amines) is 1. The minimum atomic E-state index is -2.79. The summed E-state index contributed by atoms with van der Waals surface area (Å²) in [5.74, 6) is -0.125. The molecule has 1 N–H and O–H groups in total. The van der Waals surface area contributed by atoms with Crippen molar-refractivity contribution in [1.29, 1.82) is 0 Å². The van der Waals surface area contributed by atoms with Crippen molar-refractivity contribution in [3.8, 4) is 0 Å². The fourth-order valence-electron chi connectivity index (χ4n) is 5.22. The molecule has 3 aliphatic heterocycles. The van der Waals surface area contributed by atoms with Crippen molar-refractivity contribution in [3.63, 3.8) is 0 Å². The summed E-state index contributed by atoms with van der Waals surface area (Å²) in [6, 6.07) is -0.367. The average molecular weight is 383 g/mol. The molecular weight excluding hydrogens is 360 g/mol. The smallest absolute Gasteiger partial charge is 0.346 e. The van der Waals surface area contributed by atoms with Crippen LogP contribution in [0.5, 0.6) is 0 Å². The number of rotatable bonds is 5. The van der Waals surface area contributed by atoms with Crippen LogP contribution in [0.25, 0.3) is 0 Å². The monoisotopic (exact) mass is 383 g/mol. The maximum Gasteiger partial charge on any atom is 0.346 e. The summed E-state index contributed by atoms with van der Waals surface area (Å²) in [5.41, 5.74) is 0.407. The van der Waals surface area contributed by atoms with E-state index in [9.17, 15) is 18.4 Å². The molecular formula is C16H23N4O5S-. The molecule has 144 valence electrons. The Bertz CT molecular complexity index is 657. The lowest BCUT2D eigenvalue weighted by atomic mass is 9.60. The molecule has 2 aliphatic carbocycles. The van der Waals surface area contributed by atoms with Crippen molar-refractivity contribution < 1.29 is 22.6 Å². The normalized spacial score (nSPS) is 34.6. The van der Waals surface area contributed by atoms with Crippen molar-refractivity contribution in [2.45, 2.75) is 62.7 Å². The van der Waals surface area contributed by atoms with Crippen LogP contribution in [0.3, 0.4) is 0 Å². The molecule has 0 aromatic rings. The van der Waals surface area contributed by atoms with E-state index in [1.54, 1.807) is 0 Å². The summed E-state index contributed by atoms with van der Waals surface area (Å²) in [4.78, 5) is 29.0. The number of hydrogen-bond donors (Lipinski definition) is 1. The van der Waals surface area contributed by atoms with E-state index in [-0.39, 0.29) is 18.0 Å². The highest BCUT2D eigenvalue weighted by Gasteiger charge is 2.56. The predicted octanol–water partition coefficient (Wildman–Crippen LogP) is -0.276. The number of piperidine rings is 1. The van der Waals surface area contributed by atoms with Gasteiger partial charge in [-0.1, -0.05) is 0 Å². The number of hydrogen-bond acceptors (Lipinski definition) is 6. The van der Waals surface area contributed by atoms with E-state index in [4.69, 9.17) is 0 Å². The Morgan fingerprint density at radius 1 is 1.19 bits per heavy atom. The minimum absolute atomic E-state index is 0.125. The van der Waals surface area contributed by atoms with Crippen molar-refractivity contribution in [2.75, 3.05) is 19.6 Å². The van der Waals surface area contributed by atoms with Gasteiger partial charge in [0.2, 0.25) is 5.91 Å². The summed E-state index contributed by atoms with van der Waals surface area (Å²) < 4.78 is 26.1. The van der Waals surface area contributed by atoms with Crippen LogP contribution in [0, 0.1) is 5.41 Å². The third-order valence-corrected chi connectivity index (χ3v) is 6.89. The largest absolute Gasteiger partial charge is 0.748 e. The molecule has 3 saturated heterocycles. The molecule has 26 heavy (non-hydrogen) atoms. The molecule has 0 radical (unpaired) electrons. The zero-order valence-electron chi connectivity index (χ0n) is 14.5. The second-order valence-corrected chi connectivity index (χ2v) is 9.09. The lowest BCUT2D eigenvalue weighted by Crippen LogP contribution is -2.67. The van der Waals surface area contributed by atoms with Gasteiger partial charge >= 0.3 is 6.03 Å². The molecule has 5 rings (SSSR count). The van der Waals surface area contributed by atoms with Crippen LogP contribution in [0.4, 0.5) is 4.79 Å². The second-order valence-electron chi connectivity index (χ2n) is 8.54. The lowest BCUT2D eigenvalue weighted by Gasteiger charge is -2.59. The van der Waals surface area contributed by atoms with E-state index in [1.807, 2.05) is 0 Å². The molecule has 0 aromatic heterocycles. The molecule has 1 unspecified atom stereocenters. The van der Waals surface area contributed by atoms with E-state index >= 15 is 0 Å². The Morgan fingerprint density at radius 3 is 2.54 bits per heavy atom. The lowest BCUT2D eigenvalue weighted by molar-refractivity contribution is -0.132. The fourth-order valence-corrected chi connectivity index (χ4v) is 5.54. The van der Waals surface area contributed by atoms with Gasteiger partial charge in [-0.25, -0.2) is 9.00 Å². The number of nitrogens with zero attached hydrogens (tertiary/aromatic N) is 3. The second kappa shape index (κ2) is 5.88. The van der Waals surface area contributed by atoms with E-state index in [1.165, 1.54) is 30.8 Å². The van der Waals surface area contributed by atoms with Crippen LogP contribution in [0.2, 0.25) is 0 Å². The summed E-state index contributed by atoms with van der Waals surface area (Å²) >= 11 is -2.79. The summed E-state index contributed by atoms with van der Waals surface area (Å²) in [6.07, 6.45) is 5.81. The van der Waals surface area contributed by atoms with Gasteiger partial charge in [0.1, 0.15) is 17.4 Å². The Hall–Kier alpha value is -1.23. The molecule has 3 heterocycles. The van der Waals surface area contributed by atoms with Crippen LogP contribution < -0.4 is 5.32 Å². The van der Waals surface area contributed by atoms with Crippen molar-refractivity contribution in [2.24, 2.45) is 5.41 Å². The maximum absolute atomic E-state index is 12.7. The maximum atomic E-state index is 12.7. The van der Waals surface area contributed by atoms with E-state index in [0.717, 1.165) is 23.9 Å². The quantitative estimate of drug-likeness (QED) is 0.655. The number of amides is 3. The van der Waals surface area contributed by atoms with Gasteiger partial charge in [-0.2, -0.15) is 9.35 Å². The van der Waals surface area contributed by atoms with E-state index < -0.39 is 23.4 Å². The van der Waals surface area contributed by atoms with Gasteiger partial charge in [0, 0.05) is 31.7 Å². The van der Waals surface area contributed by atoms with Gasteiger partial charge in [0.25, 0.3) is 0 Å². The summed E-state index contributed by atoms with van der Waals surface area (Å²) in [5, 5.41) is 3.98. The topological polar surface area (TPSA) is 105 Å². The number of fused-ring (bicyclic) bond motifs is 2. The standard InChI is InChI=1S/C16H24N4O5S/c21-14(17-10-5-16(6-10)8-18(9-16)11-1-2-11)13-4-3-12-7-19(13)15(22)20(12)25-26(23)24/h10-13H,1-9H2,(H,17,21)(H,23,24)/p-1/t12-,13+/m1/s1. The van der Waals surface area contributed by atoms with E-state index in [0.29, 0.717) is 24.8 Å². The SMILES string of the molecule is O=C(NC1CC2(C1)CN(C1CC1)C2)[C@@H]1CC[C@@H]2CN1C(=O)N2OS(=O)[O-]. The highest BCUT2D eigenvalue weighted by atomic mass is 32.2. The number of nitrogens with one attached hydrogen (secondary N) is 1. The predicted molar refractivity (Wildman–Crippen MR) is 88.9 cm³/mol. The van der Waals surface area contributed by atoms with Gasteiger partial charge < -0.3 is 14.8 Å². The third-order valence-electron chi connectivity index (χ3n) is 6.61. The van der Waals surface area contributed by atoms with Gasteiger partial charge in [-0.3, -0.25) is 9.69 Å². The molecule has 5 aliphatic rings. The van der Waals surface area contributed by atoms with Gasteiger partial charge in [0.15, 0.2) is 0 Å².